The molecule has 2 N–H and O–H groups in total. The fourth-order valence-electron chi connectivity index (χ4n) is 1.53. The zero-order valence-electron chi connectivity index (χ0n) is 10.3. The number of nitrogens with zero attached hydrogens (tertiary/aromatic N) is 1. The summed E-state index contributed by atoms with van der Waals surface area (Å²) in [6, 6.07) is 4.43. The standard InChI is InChI=1S/C11H16N2O4S/c1-8(6-12)18(16,17)7-10-4-3-5-11(9(10)2)13(14)15/h3-5,8H,6-7,12H2,1-2H3. The van der Waals surface area contributed by atoms with Crippen LogP contribution in [0.1, 0.15) is 18.1 Å². The van der Waals surface area contributed by atoms with Gasteiger partial charge in [-0.25, -0.2) is 8.42 Å². The van der Waals surface area contributed by atoms with Crippen LogP contribution in [0.3, 0.4) is 0 Å². The molecule has 0 saturated carbocycles. The van der Waals surface area contributed by atoms with Crippen LogP contribution in [0.5, 0.6) is 0 Å². The molecule has 18 heavy (non-hydrogen) atoms. The summed E-state index contributed by atoms with van der Waals surface area (Å²) in [5.74, 6) is -0.223. The van der Waals surface area contributed by atoms with E-state index in [0.29, 0.717) is 11.1 Å². The van der Waals surface area contributed by atoms with Crippen molar-refractivity contribution in [2.45, 2.75) is 24.9 Å². The zero-order chi connectivity index (χ0) is 13.9. The summed E-state index contributed by atoms with van der Waals surface area (Å²) in [4.78, 5) is 10.2. The van der Waals surface area contributed by atoms with Crippen LogP contribution in [0, 0.1) is 17.0 Å². The molecule has 0 heterocycles. The largest absolute Gasteiger partial charge is 0.329 e. The summed E-state index contributed by atoms with van der Waals surface area (Å²) >= 11 is 0. The van der Waals surface area contributed by atoms with Crippen molar-refractivity contribution in [3.05, 3.63) is 39.4 Å². The molecule has 0 aliphatic rings. The third-order valence-corrected chi connectivity index (χ3v) is 5.05. The smallest absolute Gasteiger partial charge is 0.272 e. The van der Waals surface area contributed by atoms with E-state index in [9.17, 15) is 18.5 Å². The second-order valence-corrected chi connectivity index (χ2v) is 6.59. The van der Waals surface area contributed by atoms with E-state index in [1.807, 2.05) is 0 Å². The minimum atomic E-state index is -3.38. The summed E-state index contributed by atoms with van der Waals surface area (Å²) in [5, 5.41) is 10.1. The number of rotatable bonds is 5. The van der Waals surface area contributed by atoms with Crippen molar-refractivity contribution >= 4 is 15.5 Å². The van der Waals surface area contributed by atoms with Crippen molar-refractivity contribution in [3.63, 3.8) is 0 Å². The van der Waals surface area contributed by atoms with Gasteiger partial charge in [-0.15, -0.1) is 0 Å². The molecule has 0 aliphatic heterocycles. The van der Waals surface area contributed by atoms with Crippen LogP contribution in [0.15, 0.2) is 18.2 Å². The van der Waals surface area contributed by atoms with E-state index in [2.05, 4.69) is 0 Å². The van der Waals surface area contributed by atoms with Gasteiger partial charge in [0.1, 0.15) is 0 Å². The zero-order valence-corrected chi connectivity index (χ0v) is 11.1. The number of benzene rings is 1. The van der Waals surface area contributed by atoms with E-state index in [0.717, 1.165) is 0 Å². The summed E-state index contributed by atoms with van der Waals surface area (Å²) in [7, 11) is -3.38. The Bertz CT molecular complexity index is 554. The predicted molar refractivity (Wildman–Crippen MR) is 69.0 cm³/mol. The molecule has 0 spiro atoms. The van der Waals surface area contributed by atoms with Crippen molar-refractivity contribution in [3.8, 4) is 0 Å². The third-order valence-electron chi connectivity index (χ3n) is 2.92. The molecule has 0 saturated heterocycles. The molecular weight excluding hydrogens is 256 g/mol. The molecule has 0 aromatic heterocycles. The van der Waals surface area contributed by atoms with Gasteiger partial charge in [0.25, 0.3) is 5.69 Å². The van der Waals surface area contributed by atoms with Gasteiger partial charge in [-0.05, 0) is 19.4 Å². The normalized spacial score (nSPS) is 13.3. The molecule has 0 aliphatic carbocycles. The highest BCUT2D eigenvalue weighted by Gasteiger charge is 2.23. The fraction of sp³-hybridized carbons (Fsp3) is 0.455. The Kier molecular flexibility index (Phi) is 4.42. The number of nitro groups is 1. The van der Waals surface area contributed by atoms with E-state index in [-0.39, 0.29) is 18.0 Å². The van der Waals surface area contributed by atoms with Crippen LogP contribution < -0.4 is 5.73 Å². The lowest BCUT2D eigenvalue weighted by atomic mass is 10.1. The van der Waals surface area contributed by atoms with E-state index in [1.54, 1.807) is 13.0 Å². The molecule has 0 radical (unpaired) electrons. The number of nitro benzene ring substituents is 1. The van der Waals surface area contributed by atoms with Crippen LogP contribution in [-0.4, -0.2) is 25.1 Å². The van der Waals surface area contributed by atoms with Crippen molar-refractivity contribution in [1.29, 1.82) is 0 Å². The molecule has 1 aromatic carbocycles. The van der Waals surface area contributed by atoms with Gasteiger partial charge < -0.3 is 5.73 Å². The Balaban J connectivity index is 3.14. The molecule has 6 nitrogen and oxygen atoms in total. The molecule has 1 atom stereocenters. The van der Waals surface area contributed by atoms with Crippen LogP contribution in [0.2, 0.25) is 0 Å². The third kappa shape index (κ3) is 3.05. The number of hydrogen-bond donors (Lipinski definition) is 1. The Morgan fingerprint density at radius 2 is 2.06 bits per heavy atom. The Morgan fingerprint density at radius 3 is 2.56 bits per heavy atom. The van der Waals surface area contributed by atoms with Crippen LogP contribution in [-0.2, 0) is 15.6 Å². The molecular formula is C11H16N2O4S. The fourth-order valence-corrected chi connectivity index (χ4v) is 2.85. The second-order valence-electron chi connectivity index (χ2n) is 4.17. The predicted octanol–water partition coefficient (Wildman–Crippen LogP) is 1.17. The summed E-state index contributed by atoms with van der Waals surface area (Å²) < 4.78 is 23.8. The number of sulfone groups is 1. The highest BCUT2D eigenvalue weighted by molar-refractivity contribution is 7.91. The molecule has 100 valence electrons. The minimum Gasteiger partial charge on any atom is -0.329 e. The molecule has 1 aromatic rings. The van der Waals surface area contributed by atoms with Gasteiger partial charge >= 0.3 is 0 Å². The average Bonchev–Trinajstić information content (AvgIpc) is 2.30. The van der Waals surface area contributed by atoms with Crippen molar-refractivity contribution in [1.82, 2.24) is 0 Å². The Hall–Kier alpha value is -1.47. The van der Waals surface area contributed by atoms with E-state index in [4.69, 9.17) is 5.73 Å². The van der Waals surface area contributed by atoms with Gasteiger partial charge in [0.05, 0.1) is 15.9 Å². The molecule has 7 heteroatoms. The second kappa shape index (κ2) is 5.45. The summed E-state index contributed by atoms with van der Waals surface area (Å²) in [6.07, 6.45) is 0. The Labute approximate surface area is 106 Å². The van der Waals surface area contributed by atoms with Gasteiger partial charge in [0.15, 0.2) is 9.84 Å². The molecule has 1 unspecified atom stereocenters. The van der Waals surface area contributed by atoms with E-state index < -0.39 is 20.0 Å². The van der Waals surface area contributed by atoms with Gasteiger partial charge in [0, 0.05) is 18.2 Å². The van der Waals surface area contributed by atoms with Crippen molar-refractivity contribution in [2.24, 2.45) is 5.73 Å². The van der Waals surface area contributed by atoms with E-state index >= 15 is 0 Å². The minimum absolute atomic E-state index is 0.0380. The average molecular weight is 272 g/mol. The lowest BCUT2D eigenvalue weighted by molar-refractivity contribution is -0.385. The topological polar surface area (TPSA) is 103 Å². The number of nitrogens with two attached hydrogens (primary N) is 1. The lowest BCUT2D eigenvalue weighted by Crippen LogP contribution is -2.28. The van der Waals surface area contributed by atoms with Crippen molar-refractivity contribution in [2.75, 3.05) is 6.54 Å². The molecule has 1 rings (SSSR count). The van der Waals surface area contributed by atoms with Gasteiger partial charge in [-0.1, -0.05) is 12.1 Å². The first-order valence-electron chi connectivity index (χ1n) is 5.44. The first-order valence-corrected chi connectivity index (χ1v) is 7.15. The van der Waals surface area contributed by atoms with Crippen LogP contribution in [0.4, 0.5) is 5.69 Å². The maximum absolute atomic E-state index is 11.9. The molecule has 0 bridgehead atoms. The molecule has 0 amide bonds. The first-order chi connectivity index (χ1) is 8.29. The summed E-state index contributed by atoms with van der Waals surface area (Å²) in [5.41, 5.74) is 6.11. The van der Waals surface area contributed by atoms with Crippen LogP contribution in [0.25, 0.3) is 0 Å². The summed E-state index contributed by atoms with van der Waals surface area (Å²) in [6.45, 7) is 3.12. The van der Waals surface area contributed by atoms with Gasteiger partial charge in [-0.2, -0.15) is 0 Å². The van der Waals surface area contributed by atoms with Gasteiger partial charge in [0.2, 0.25) is 0 Å². The monoisotopic (exact) mass is 272 g/mol. The first kappa shape index (κ1) is 14.6. The van der Waals surface area contributed by atoms with Crippen molar-refractivity contribution < 1.29 is 13.3 Å². The quantitative estimate of drug-likeness (QED) is 0.640. The number of hydrogen-bond acceptors (Lipinski definition) is 5. The highest BCUT2D eigenvalue weighted by atomic mass is 32.2. The lowest BCUT2D eigenvalue weighted by Gasteiger charge is -2.12. The SMILES string of the molecule is Cc1c(CS(=O)(=O)C(C)CN)cccc1[N+](=O)[O-]. The van der Waals surface area contributed by atoms with E-state index in [1.165, 1.54) is 19.1 Å². The molecule has 0 fully saturated rings. The Morgan fingerprint density at radius 1 is 1.44 bits per heavy atom. The highest BCUT2D eigenvalue weighted by Crippen LogP contribution is 2.23. The van der Waals surface area contributed by atoms with Crippen LogP contribution >= 0.6 is 0 Å². The van der Waals surface area contributed by atoms with Gasteiger partial charge in [-0.3, -0.25) is 10.1 Å². The maximum atomic E-state index is 11.9. The maximum Gasteiger partial charge on any atom is 0.272 e.